The molecule has 6 nitrogen and oxygen atoms in total. The molecule has 0 unspecified atom stereocenters. The summed E-state index contributed by atoms with van der Waals surface area (Å²) in [6.07, 6.45) is 1.65. The van der Waals surface area contributed by atoms with E-state index < -0.39 is 0 Å². The summed E-state index contributed by atoms with van der Waals surface area (Å²) in [5.41, 5.74) is 2.51. The van der Waals surface area contributed by atoms with Gasteiger partial charge in [0.2, 0.25) is 5.95 Å². The molecule has 2 aromatic carbocycles. The Morgan fingerprint density at radius 2 is 1.85 bits per heavy atom. The van der Waals surface area contributed by atoms with Crippen LogP contribution in [0.2, 0.25) is 0 Å². The molecule has 2 aromatic heterocycles. The number of nitrogens with zero attached hydrogens (tertiary/aromatic N) is 2. The molecule has 4 rings (SSSR count). The molecule has 0 atom stereocenters. The van der Waals surface area contributed by atoms with Gasteiger partial charge in [0.05, 0.1) is 18.2 Å². The maximum atomic E-state index is 12.8. The lowest BCUT2D eigenvalue weighted by Crippen LogP contribution is -2.13. The van der Waals surface area contributed by atoms with Gasteiger partial charge in [0.1, 0.15) is 5.75 Å². The van der Waals surface area contributed by atoms with Crippen LogP contribution in [0.25, 0.3) is 22.2 Å². The summed E-state index contributed by atoms with van der Waals surface area (Å²) in [4.78, 5) is 24.3. The molecule has 7 heteroatoms. The predicted octanol–water partition coefficient (Wildman–Crippen LogP) is 4.50. The first-order valence-corrected chi connectivity index (χ1v) is 9.00. The monoisotopic (exact) mass is 422 g/mol. The number of anilines is 2. The summed E-state index contributed by atoms with van der Waals surface area (Å²) in [5, 5.41) is 3.53. The number of rotatable bonds is 4. The number of fused-ring (bicyclic) bond motifs is 1. The van der Waals surface area contributed by atoms with Crippen LogP contribution < -0.4 is 15.6 Å². The standard InChI is InChI=1S/C20H15BrN4O2/c1-27-16-5-3-2-4-15(16)23-20-24-18-17(19(26)25-20)14(10-11-22-18)12-6-8-13(21)9-7-12/h2-11H,1H3,(H2,22,23,24,25,26). The van der Waals surface area contributed by atoms with Crippen molar-refractivity contribution >= 4 is 38.6 Å². The molecule has 2 N–H and O–H groups in total. The van der Waals surface area contributed by atoms with Crippen molar-refractivity contribution in [3.8, 4) is 16.9 Å². The second kappa shape index (κ2) is 7.20. The maximum absolute atomic E-state index is 12.8. The van der Waals surface area contributed by atoms with Crippen LogP contribution in [0, 0.1) is 0 Å². The Labute approximate surface area is 163 Å². The van der Waals surface area contributed by atoms with Crippen molar-refractivity contribution in [1.82, 2.24) is 15.0 Å². The number of hydrogen-bond acceptors (Lipinski definition) is 5. The van der Waals surface area contributed by atoms with Crippen LogP contribution in [0.3, 0.4) is 0 Å². The Morgan fingerprint density at radius 1 is 1.07 bits per heavy atom. The maximum Gasteiger partial charge on any atom is 0.262 e. The number of ether oxygens (including phenoxy) is 1. The van der Waals surface area contributed by atoms with Crippen LogP contribution in [0.1, 0.15) is 0 Å². The Hall–Kier alpha value is -3.19. The Kier molecular flexibility index (Phi) is 4.60. The highest BCUT2D eigenvalue weighted by molar-refractivity contribution is 9.10. The third-order valence-corrected chi connectivity index (χ3v) is 4.65. The Balaban J connectivity index is 1.81. The normalized spacial score (nSPS) is 10.7. The van der Waals surface area contributed by atoms with Crippen molar-refractivity contribution in [3.05, 3.63) is 75.6 Å². The van der Waals surface area contributed by atoms with E-state index in [0.717, 1.165) is 15.6 Å². The number of aromatic amines is 1. The number of methoxy groups -OCH3 is 1. The van der Waals surface area contributed by atoms with Gasteiger partial charge in [-0.3, -0.25) is 9.78 Å². The molecule has 0 fully saturated rings. The van der Waals surface area contributed by atoms with Crippen molar-refractivity contribution in [2.45, 2.75) is 0 Å². The molecule has 0 aliphatic heterocycles. The van der Waals surface area contributed by atoms with E-state index in [9.17, 15) is 4.79 Å². The Bertz CT molecular complexity index is 1170. The fourth-order valence-corrected chi connectivity index (χ4v) is 3.13. The number of hydrogen-bond donors (Lipinski definition) is 2. The van der Waals surface area contributed by atoms with Gasteiger partial charge in [-0.25, -0.2) is 4.98 Å². The molecule has 0 saturated carbocycles. The summed E-state index contributed by atoms with van der Waals surface area (Å²) in [6, 6.07) is 17.0. The molecule has 134 valence electrons. The van der Waals surface area contributed by atoms with E-state index in [2.05, 4.69) is 36.2 Å². The minimum absolute atomic E-state index is 0.261. The topological polar surface area (TPSA) is 79.9 Å². The number of pyridine rings is 1. The first-order valence-electron chi connectivity index (χ1n) is 8.21. The number of para-hydroxylation sites is 2. The lowest BCUT2D eigenvalue weighted by Gasteiger charge is -2.11. The van der Waals surface area contributed by atoms with E-state index >= 15 is 0 Å². The SMILES string of the molecule is COc1ccccc1Nc1nc2nccc(-c3ccc(Br)cc3)c2c(=O)[nH]1. The molecule has 0 aliphatic rings. The zero-order valence-corrected chi connectivity index (χ0v) is 15.9. The lowest BCUT2D eigenvalue weighted by atomic mass is 10.0. The molecule has 0 amide bonds. The zero-order valence-electron chi connectivity index (χ0n) is 14.4. The van der Waals surface area contributed by atoms with Crippen LogP contribution in [0.15, 0.2) is 70.1 Å². The highest BCUT2D eigenvalue weighted by Gasteiger charge is 2.12. The van der Waals surface area contributed by atoms with Gasteiger partial charge in [-0.15, -0.1) is 0 Å². The number of benzene rings is 2. The Morgan fingerprint density at radius 3 is 2.63 bits per heavy atom. The average Bonchev–Trinajstić information content (AvgIpc) is 2.68. The highest BCUT2D eigenvalue weighted by Crippen LogP contribution is 2.28. The van der Waals surface area contributed by atoms with Gasteiger partial charge in [0, 0.05) is 10.7 Å². The second-order valence-electron chi connectivity index (χ2n) is 5.80. The molecular weight excluding hydrogens is 408 g/mol. The van der Waals surface area contributed by atoms with Gasteiger partial charge in [-0.1, -0.05) is 40.2 Å². The van der Waals surface area contributed by atoms with E-state index in [4.69, 9.17) is 4.74 Å². The number of aromatic nitrogens is 3. The van der Waals surface area contributed by atoms with Crippen LogP contribution >= 0.6 is 15.9 Å². The summed E-state index contributed by atoms with van der Waals surface area (Å²) in [7, 11) is 1.59. The van der Waals surface area contributed by atoms with Crippen LogP contribution in [-0.4, -0.2) is 22.1 Å². The summed E-state index contributed by atoms with van der Waals surface area (Å²) >= 11 is 3.42. The number of halogens is 1. The molecule has 2 heterocycles. The minimum atomic E-state index is -0.261. The third-order valence-electron chi connectivity index (χ3n) is 4.12. The molecule has 0 saturated heterocycles. The van der Waals surface area contributed by atoms with Crippen LogP contribution in [0.5, 0.6) is 5.75 Å². The quantitative estimate of drug-likeness (QED) is 0.505. The molecule has 0 bridgehead atoms. The smallest absolute Gasteiger partial charge is 0.262 e. The van der Waals surface area contributed by atoms with Gasteiger partial charge in [-0.05, 0) is 41.5 Å². The number of H-pyrrole nitrogens is 1. The first kappa shape index (κ1) is 17.2. The lowest BCUT2D eigenvalue weighted by molar-refractivity contribution is 0.417. The van der Waals surface area contributed by atoms with E-state index in [1.165, 1.54) is 0 Å². The van der Waals surface area contributed by atoms with Crippen molar-refractivity contribution < 1.29 is 4.74 Å². The van der Waals surface area contributed by atoms with Crippen LogP contribution in [-0.2, 0) is 0 Å². The summed E-state index contributed by atoms with van der Waals surface area (Å²) < 4.78 is 6.29. The third kappa shape index (κ3) is 3.41. The fraction of sp³-hybridized carbons (Fsp3) is 0.0500. The predicted molar refractivity (Wildman–Crippen MR) is 110 cm³/mol. The first-order chi connectivity index (χ1) is 13.2. The minimum Gasteiger partial charge on any atom is -0.495 e. The largest absolute Gasteiger partial charge is 0.495 e. The van der Waals surface area contributed by atoms with Gasteiger partial charge >= 0.3 is 0 Å². The molecule has 4 aromatic rings. The van der Waals surface area contributed by atoms with E-state index in [-0.39, 0.29) is 5.56 Å². The van der Waals surface area contributed by atoms with Gasteiger partial charge in [0.25, 0.3) is 5.56 Å². The number of nitrogens with one attached hydrogen (secondary N) is 2. The van der Waals surface area contributed by atoms with E-state index in [0.29, 0.717) is 28.4 Å². The molecule has 0 radical (unpaired) electrons. The van der Waals surface area contributed by atoms with E-state index in [1.807, 2.05) is 54.6 Å². The zero-order chi connectivity index (χ0) is 18.8. The van der Waals surface area contributed by atoms with Crippen LogP contribution in [0.4, 0.5) is 11.6 Å². The molecule has 0 aliphatic carbocycles. The van der Waals surface area contributed by atoms with E-state index in [1.54, 1.807) is 13.3 Å². The molecule has 27 heavy (non-hydrogen) atoms. The van der Waals surface area contributed by atoms with Gasteiger partial charge in [-0.2, -0.15) is 4.98 Å². The summed E-state index contributed by atoms with van der Waals surface area (Å²) in [5.74, 6) is 0.953. The average molecular weight is 423 g/mol. The highest BCUT2D eigenvalue weighted by atomic mass is 79.9. The molecular formula is C20H15BrN4O2. The fourth-order valence-electron chi connectivity index (χ4n) is 2.87. The van der Waals surface area contributed by atoms with Gasteiger partial charge < -0.3 is 10.1 Å². The van der Waals surface area contributed by atoms with Gasteiger partial charge in [0.15, 0.2) is 5.65 Å². The van der Waals surface area contributed by atoms with Crippen molar-refractivity contribution in [2.75, 3.05) is 12.4 Å². The van der Waals surface area contributed by atoms with Crippen molar-refractivity contribution in [3.63, 3.8) is 0 Å². The second-order valence-corrected chi connectivity index (χ2v) is 6.72. The van der Waals surface area contributed by atoms with Crippen molar-refractivity contribution in [2.24, 2.45) is 0 Å². The molecule has 0 spiro atoms. The summed E-state index contributed by atoms with van der Waals surface area (Å²) in [6.45, 7) is 0. The van der Waals surface area contributed by atoms with Crippen molar-refractivity contribution in [1.29, 1.82) is 0 Å².